The molecule has 2 rings (SSSR count). The van der Waals surface area contributed by atoms with Crippen molar-refractivity contribution in [2.75, 3.05) is 5.73 Å². The Morgan fingerprint density at radius 1 is 1.20 bits per heavy atom. The second-order valence-corrected chi connectivity index (χ2v) is 5.98. The van der Waals surface area contributed by atoms with Crippen LogP contribution in [-0.4, -0.2) is 10.1 Å². The number of anilines is 1. The van der Waals surface area contributed by atoms with E-state index in [2.05, 4.69) is 0 Å². The standard InChI is InChI=1S/C15H16N2O2S/c1-10-8-12(6-7-14(10)16)20(19)9-11-4-2-3-5-13(11)15(17)18/h2-8H,9,16H2,1H3,(H2,17,18). The van der Waals surface area contributed by atoms with Crippen LogP contribution in [0.4, 0.5) is 5.69 Å². The molecule has 0 saturated heterocycles. The molecule has 1 unspecified atom stereocenters. The van der Waals surface area contributed by atoms with Crippen molar-refractivity contribution in [2.45, 2.75) is 17.6 Å². The van der Waals surface area contributed by atoms with Crippen molar-refractivity contribution >= 4 is 22.4 Å². The van der Waals surface area contributed by atoms with E-state index in [4.69, 9.17) is 11.5 Å². The van der Waals surface area contributed by atoms with Crippen molar-refractivity contribution in [1.82, 2.24) is 0 Å². The molecular formula is C15H16N2O2S. The van der Waals surface area contributed by atoms with Gasteiger partial charge in [-0.05, 0) is 42.3 Å². The topological polar surface area (TPSA) is 86.2 Å². The van der Waals surface area contributed by atoms with Crippen molar-refractivity contribution < 1.29 is 9.00 Å². The van der Waals surface area contributed by atoms with Crippen LogP contribution in [0.15, 0.2) is 47.4 Å². The first-order chi connectivity index (χ1) is 9.49. The van der Waals surface area contributed by atoms with Crippen LogP contribution in [-0.2, 0) is 16.6 Å². The number of aryl methyl sites for hydroxylation is 1. The molecule has 104 valence electrons. The summed E-state index contributed by atoms with van der Waals surface area (Å²) in [6, 6.07) is 12.2. The molecule has 0 spiro atoms. The van der Waals surface area contributed by atoms with Crippen molar-refractivity contribution in [3.63, 3.8) is 0 Å². The maximum Gasteiger partial charge on any atom is 0.249 e. The van der Waals surface area contributed by atoms with Gasteiger partial charge in [0.15, 0.2) is 0 Å². The van der Waals surface area contributed by atoms with Gasteiger partial charge in [0.05, 0.1) is 16.6 Å². The number of benzene rings is 2. The summed E-state index contributed by atoms with van der Waals surface area (Å²) in [7, 11) is -1.24. The Morgan fingerprint density at radius 3 is 2.55 bits per heavy atom. The highest BCUT2D eigenvalue weighted by Gasteiger charge is 2.12. The average Bonchev–Trinajstić information content (AvgIpc) is 2.42. The van der Waals surface area contributed by atoms with Gasteiger partial charge >= 0.3 is 0 Å². The molecule has 0 aromatic heterocycles. The van der Waals surface area contributed by atoms with Gasteiger partial charge in [-0.3, -0.25) is 9.00 Å². The minimum Gasteiger partial charge on any atom is -0.399 e. The Labute approximate surface area is 120 Å². The minimum absolute atomic E-state index is 0.252. The van der Waals surface area contributed by atoms with E-state index in [9.17, 15) is 9.00 Å². The van der Waals surface area contributed by atoms with Gasteiger partial charge < -0.3 is 11.5 Å². The number of nitrogens with two attached hydrogens (primary N) is 2. The first-order valence-electron chi connectivity index (χ1n) is 6.11. The van der Waals surface area contributed by atoms with Gasteiger partial charge in [-0.2, -0.15) is 0 Å². The van der Waals surface area contributed by atoms with Crippen LogP contribution >= 0.6 is 0 Å². The number of nitrogen functional groups attached to an aromatic ring is 1. The van der Waals surface area contributed by atoms with Crippen molar-refractivity contribution in [3.05, 3.63) is 59.2 Å². The van der Waals surface area contributed by atoms with Crippen LogP contribution in [0.1, 0.15) is 21.5 Å². The van der Waals surface area contributed by atoms with Gasteiger partial charge in [0, 0.05) is 16.1 Å². The quantitative estimate of drug-likeness (QED) is 0.843. The lowest BCUT2D eigenvalue weighted by Crippen LogP contribution is -2.14. The normalized spacial score (nSPS) is 12.1. The lowest BCUT2D eigenvalue weighted by molar-refractivity contribution is 0.0999. The molecule has 4 N–H and O–H groups in total. The number of carbonyl (C=O) groups excluding carboxylic acids is 1. The van der Waals surface area contributed by atoms with E-state index in [1.165, 1.54) is 0 Å². The molecule has 20 heavy (non-hydrogen) atoms. The Hall–Kier alpha value is -2.14. The molecule has 0 aliphatic heterocycles. The summed E-state index contributed by atoms with van der Waals surface area (Å²) < 4.78 is 12.4. The smallest absolute Gasteiger partial charge is 0.249 e. The number of hydrogen-bond acceptors (Lipinski definition) is 3. The Morgan fingerprint density at radius 2 is 1.90 bits per heavy atom. The monoisotopic (exact) mass is 288 g/mol. The highest BCUT2D eigenvalue weighted by molar-refractivity contribution is 7.84. The van der Waals surface area contributed by atoms with Crippen LogP contribution in [0.25, 0.3) is 0 Å². The molecule has 5 heteroatoms. The summed E-state index contributed by atoms with van der Waals surface area (Å²) in [5.74, 6) is -0.256. The second kappa shape index (κ2) is 5.88. The number of carbonyl (C=O) groups is 1. The predicted molar refractivity (Wildman–Crippen MR) is 80.7 cm³/mol. The Kier molecular flexibility index (Phi) is 4.20. The fourth-order valence-corrected chi connectivity index (χ4v) is 3.13. The fourth-order valence-electron chi connectivity index (χ4n) is 1.90. The zero-order valence-corrected chi connectivity index (χ0v) is 11.9. The summed E-state index contributed by atoms with van der Waals surface area (Å²) in [4.78, 5) is 12.0. The van der Waals surface area contributed by atoms with E-state index in [0.717, 1.165) is 5.56 Å². The Balaban J connectivity index is 2.28. The molecule has 0 aliphatic carbocycles. The summed E-state index contributed by atoms with van der Waals surface area (Å²) in [5.41, 5.74) is 13.7. The van der Waals surface area contributed by atoms with Crippen LogP contribution < -0.4 is 11.5 Å². The lowest BCUT2D eigenvalue weighted by atomic mass is 10.1. The third-order valence-corrected chi connectivity index (χ3v) is 4.43. The molecule has 4 nitrogen and oxygen atoms in total. The van der Waals surface area contributed by atoms with Crippen molar-refractivity contribution in [3.8, 4) is 0 Å². The van der Waals surface area contributed by atoms with E-state index in [1.807, 2.05) is 6.92 Å². The van der Waals surface area contributed by atoms with E-state index < -0.39 is 16.7 Å². The molecule has 0 fully saturated rings. The van der Waals surface area contributed by atoms with Crippen LogP contribution in [0.5, 0.6) is 0 Å². The molecule has 0 bridgehead atoms. The third kappa shape index (κ3) is 3.05. The average molecular weight is 288 g/mol. The lowest BCUT2D eigenvalue weighted by Gasteiger charge is -2.08. The van der Waals surface area contributed by atoms with Crippen molar-refractivity contribution in [1.29, 1.82) is 0 Å². The SMILES string of the molecule is Cc1cc(S(=O)Cc2ccccc2C(N)=O)ccc1N. The van der Waals surface area contributed by atoms with Gasteiger partial charge in [-0.1, -0.05) is 18.2 Å². The molecule has 0 saturated carbocycles. The van der Waals surface area contributed by atoms with Gasteiger partial charge in [0.25, 0.3) is 0 Å². The largest absolute Gasteiger partial charge is 0.399 e. The van der Waals surface area contributed by atoms with E-state index in [-0.39, 0.29) is 5.75 Å². The number of primary amides is 1. The van der Waals surface area contributed by atoms with E-state index in [0.29, 0.717) is 21.7 Å². The third-order valence-electron chi connectivity index (χ3n) is 3.07. The second-order valence-electron chi connectivity index (χ2n) is 4.53. The first-order valence-corrected chi connectivity index (χ1v) is 7.43. The molecule has 0 radical (unpaired) electrons. The number of hydrogen-bond donors (Lipinski definition) is 2. The molecule has 1 atom stereocenters. The van der Waals surface area contributed by atoms with Crippen LogP contribution in [0, 0.1) is 6.92 Å². The summed E-state index contributed by atoms with van der Waals surface area (Å²) >= 11 is 0. The van der Waals surface area contributed by atoms with Crippen molar-refractivity contribution in [2.24, 2.45) is 5.73 Å². The van der Waals surface area contributed by atoms with E-state index >= 15 is 0 Å². The van der Waals surface area contributed by atoms with Gasteiger partial charge in [-0.15, -0.1) is 0 Å². The summed E-state index contributed by atoms with van der Waals surface area (Å²) in [5, 5.41) is 0. The fraction of sp³-hybridized carbons (Fsp3) is 0.133. The Bertz CT molecular complexity index is 683. The molecular weight excluding hydrogens is 272 g/mol. The molecule has 0 aliphatic rings. The van der Waals surface area contributed by atoms with Gasteiger partial charge in [0.1, 0.15) is 0 Å². The highest BCUT2D eigenvalue weighted by Crippen LogP contribution is 2.19. The van der Waals surface area contributed by atoms with E-state index in [1.54, 1.807) is 42.5 Å². The zero-order valence-electron chi connectivity index (χ0n) is 11.1. The predicted octanol–water partition coefficient (Wildman–Crippen LogP) is 1.98. The summed E-state index contributed by atoms with van der Waals surface area (Å²) in [6.45, 7) is 1.87. The molecule has 0 heterocycles. The zero-order chi connectivity index (χ0) is 14.7. The maximum atomic E-state index is 12.4. The number of rotatable bonds is 4. The van der Waals surface area contributed by atoms with Gasteiger partial charge in [0.2, 0.25) is 5.91 Å². The highest BCUT2D eigenvalue weighted by atomic mass is 32.2. The minimum atomic E-state index is -1.24. The molecule has 1 amide bonds. The summed E-state index contributed by atoms with van der Waals surface area (Å²) in [6.07, 6.45) is 0. The van der Waals surface area contributed by atoms with Crippen LogP contribution in [0.2, 0.25) is 0 Å². The van der Waals surface area contributed by atoms with Gasteiger partial charge in [-0.25, -0.2) is 0 Å². The van der Waals surface area contributed by atoms with Crippen LogP contribution in [0.3, 0.4) is 0 Å². The molecule has 2 aromatic carbocycles. The maximum absolute atomic E-state index is 12.4. The molecule has 2 aromatic rings. The first kappa shape index (κ1) is 14.3. The number of amides is 1.